The lowest BCUT2D eigenvalue weighted by Gasteiger charge is -2.14. The highest BCUT2D eigenvalue weighted by Crippen LogP contribution is 2.19. The normalized spacial score (nSPS) is 11.9. The van der Waals surface area contributed by atoms with Gasteiger partial charge in [0.2, 0.25) is 5.91 Å². The predicted molar refractivity (Wildman–Crippen MR) is 82.9 cm³/mol. The van der Waals surface area contributed by atoms with Crippen LogP contribution in [-0.2, 0) is 11.2 Å². The van der Waals surface area contributed by atoms with Gasteiger partial charge in [0.05, 0.1) is 6.04 Å². The van der Waals surface area contributed by atoms with Gasteiger partial charge in [-0.05, 0) is 42.7 Å². The molecule has 0 aromatic heterocycles. The van der Waals surface area contributed by atoms with Crippen LogP contribution in [0.5, 0.6) is 0 Å². The van der Waals surface area contributed by atoms with Gasteiger partial charge >= 0.3 is 0 Å². The van der Waals surface area contributed by atoms with E-state index in [1.54, 1.807) is 18.2 Å². The molecule has 4 heteroatoms. The van der Waals surface area contributed by atoms with E-state index in [-0.39, 0.29) is 5.91 Å². The van der Waals surface area contributed by atoms with Crippen molar-refractivity contribution in [1.82, 2.24) is 0 Å². The molecule has 0 bridgehead atoms. The Kier molecular flexibility index (Phi) is 4.77. The summed E-state index contributed by atoms with van der Waals surface area (Å²) in [7, 11) is 0. The molecule has 0 saturated carbocycles. The highest BCUT2D eigenvalue weighted by Gasteiger charge is 2.15. The first-order chi connectivity index (χ1) is 9.56. The van der Waals surface area contributed by atoms with Gasteiger partial charge in [-0.3, -0.25) is 4.79 Å². The summed E-state index contributed by atoms with van der Waals surface area (Å²) in [6, 6.07) is 14.5. The van der Waals surface area contributed by atoms with Crippen LogP contribution in [0.4, 0.5) is 5.69 Å². The SMILES string of the molecule is Cc1cc(Cl)ccc1NC(=O)[C@@H](N)Cc1ccccc1. The van der Waals surface area contributed by atoms with E-state index in [1.165, 1.54) is 0 Å². The van der Waals surface area contributed by atoms with E-state index in [0.717, 1.165) is 16.8 Å². The van der Waals surface area contributed by atoms with Gasteiger partial charge in [-0.15, -0.1) is 0 Å². The highest BCUT2D eigenvalue weighted by atomic mass is 35.5. The maximum atomic E-state index is 12.1. The summed E-state index contributed by atoms with van der Waals surface area (Å²) in [5.74, 6) is -0.195. The predicted octanol–water partition coefficient (Wildman–Crippen LogP) is 3.16. The molecule has 0 aliphatic rings. The maximum absolute atomic E-state index is 12.1. The van der Waals surface area contributed by atoms with E-state index in [4.69, 9.17) is 17.3 Å². The second-order valence-electron chi connectivity index (χ2n) is 4.74. The summed E-state index contributed by atoms with van der Waals surface area (Å²) in [5, 5.41) is 3.48. The highest BCUT2D eigenvalue weighted by molar-refractivity contribution is 6.30. The molecule has 0 saturated heterocycles. The number of nitrogens with two attached hydrogens (primary N) is 1. The van der Waals surface area contributed by atoms with E-state index in [0.29, 0.717) is 11.4 Å². The molecular weight excluding hydrogens is 272 g/mol. The van der Waals surface area contributed by atoms with Crippen LogP contribution >= 0.6 is 11.6 Å². The number of nitrogens with one attached hydrogen (secondary N) is 1. The summed E-state index contributed by atoms with van der Waals surface area (Å²) in [6.07, 6.45) is 0.513. The zero-order valence-corrected chi connectivity index (χ0v) is 12.0. The topological polar surface area (TPSA) is 55.1 Å². The van der Waals surface area contributed by atoms with Crippen LogP contribution in [0.1, 0.15) is 11.1 Å². The summed E-state index contributed by atoms with van der Waals surface area (Å²) in [4.78, 5) is 12.1. The Morgan fingerprint density at radius 1 is 1.25 bits per heavy atom. The number of benzene rings is 2. The first kappa shape index (κ1) is 14.6. The number of carbonyl (C=O) groups excluding carboxylic acids is 1. The van der Waals surface area contributed by atoms with Gasteiger partial charge in [0.25, 0.3) is 0 Å². The third-order valence-electron chi connectivity index (χ3n) is 3.08. The van der Waals surface area contributed by atoms with Crippen molar-refractivity contribution in [1.29, 1.82) is 0 Å². The van der Waals surface area contributed by atoms with Gasteiger partial charge in [0.15, 0.2) is 0 Å². The summed E-state index contributed by atoms with van der Waals surface area (Å²) >= 11 is 5.89. The number of rotatable bonds is 4. The molecule has 3 nitrogen and oxygen atoms in total. The van der Waals surface area contributed by atoms with Crippen molar-refractivity contribution in [3.05, 3.63) is 64.7 Å². The van der Waals surface area contributed by atoms with Gasteiger partial charge in [0.1, 0.15) is 0 Å². The van der Waals surface area contributed by atoms with Gasteiger partial charge in [0, 0.05) is 10.7 Å². The van der Waals surface area contributed by atoms with Gasteiger partial charge in [-0.25, -0.2) is 0 Å². The lowest BCUT2D eigenvalue weighted by molar-refractivity contribution is -0.117. The average Bonchev–Trinajstić information content (AvgIpc) is 2.43. The van der Waals surface area contributed by atoms with Crippen molar-refractivity contribution in [3.63, 3.8) is 0 Å². The zero-order valence-electron chi connectivity index (χ0n) is 11.3. The summed E-state index contributed by atoms with van der Waals surface area (Å²) in [6.45, 7) is 1.89. The molecule has 0 heterocycles. The largest absolute Gasteiger partial charge is 0.324 e. The minimum absolute atomic E-state index is 0.195. The molecular formula is C16H17ClN2O. The average molecular weight is 289 g/mol. The Bertz CT molecular complexity index is 599. The number of anilines is 1. The minimum atomic E-state index is -0.576. The second kappa shape index (κ2) is 6.55. The lowest BCUT2D eigenvalue weighted by Crippen LogP contribution is -2.37. The van der Waals surface area contributed by atoms with Crippen molar-refractivity contribution in [2.24, 2.45) is 5.73 Å². The Hall–Kier alpha value is -1.84. The van der Waals surface area contributed by atoms with Crippen molar-refractivity contribution in [2.45, 2.75) is 19.4 Å². The van der Waals surface area contributed by atoms with Crippen molar-refractivity contribution < 1.29 is 4.79 Å². The summed E-state index contributed by atoms with van der Waals surface area (Å²) in [5.41, 5.74) is 8.64. The minimum Gasteiger partial charge on any atom is -0.324 e. The molecule has 0 unspecified atom stereocenters. The Labute approximate surface area is 123 Å². The van der Waals surface area contributed by atoms with Crippen LogP contribution < -0.4 is 11.1 Å². The van der Waals surface area contributed by atoms with Crippen LogP contribution in [-0.4, -0.2) is 11.9 Å². The van der Waals surface area contributed by atoms with E-state index in [9.17, 15) is 4.79 Å². The quantitative estimate of drug-likeness (QED) is 0.908. The van der Waals surface area contributed by atoms with Crippen molar-refractivity contribution in [2.75, 3.05) is 5.32 Å². The van der Waals surface area contributed by atoms with Crippen LogP contribution in [0.2, 0.25) is 5.02 Å². The first-order valence-electron chi connectivity index (χ1n) is 6.43. The van der Waals surface area contributed by atoms with Gasteiger partial charge < -0.3 is 11.1 Å². The third-order valence-corrected chi connectivity index (χ3v) is 3.32. The molecule has 0 radical (unpaired) electrons. The fraction of sp³-hybridized carbons (Fsp3) is 0.188. The standard InChI is InChI=1S/C16H17ClN2O/c1-11-9-13(17)7-8-15(11)19-16(20)14(18)10-12-5-3-2-4-6-12/h2-9,14H,10,18H2,1H3,(H,19,20)/t14-/m0/s1. The molecule has 104 valence electrons. The fourth-order valence-electron chi connectivity index (χ4n) is 1.95. The molecule has 0 spiro atoms. The molecule has 2 rings (SSSR count). The molecule has 3 N–H and O–H groups in total. The summed E-state index contributed by atoms with van der Waals surface area (Å²) < 4.78 is 0. The molecule has 20 heavy (non-hydrogen) atoms. The van der Waals surface area contributed by atoms with Crippen molar-refractivity contribution >= 4 is 23.2 Å². The number of hydrogen-bond acceptors (Lipinski definition) is 2. The van der Waals surface area contributed by atoms with Crippen LogP contribution in [0.15, 0.2) is 48.5 Å². The maximum Gasteiger partial charge on any atom is 0.241 e. The Morgan fingerprint density at radius 3 is 2.60 bits per heavy atom. The van der Waals surface area contributed by atoms with Gasteiger partial charge in [-0.2, -0.15) is 0 Å². The van der Waals surface area contributed by atoms with E-state index in [1.807, 2.05) is 37.3 Å². The molecule has 0 fully saturated rings. The van der Waals surface area contributed by atoms with E-state index >= 15 is 0 Å². The van der Waals surface area contributed by atoms with Crippen LogP contribution in [0.25, 0.3) is 0 Å². The second-order valence-corrected chi connectivity index (χ2v) is 5.18. The van der Waals surface area contributed by atoms with E-state index < -0.39 is 6.04 Å². The van der Waals surface area contributed by atoms with Crippen LogP contribution in [0, 0.1) is 6.92 Å². The van der Waals surface area contributed by atoms with E-state index in [2.05, 4.69) is 5.32 Å². The molecule has 1 atom stereocenters. The lowest BCUT2D eigenvalue weighted by atomic mass is 10.1. The molecule has 0 aliphatic heterocycles. The first-order valence-corrected chi connectivity index (χ1v) is 6.80. The molecule has 2 aromatic rings. The Morgan fingerprint density at radius 2 is 1.95 bits per heavy atom. The monoisotopic (exact) mass is 288 g/mol. The van der Waals surface area contributed by atoms with Gasteiger partial charge in [-0.1, -0.05) is 41.9 Å². The third kappa shape index (κ3) is 3.83. The number of aryl methyl sites for hydroxylation is 1. The number of halogens is 1. The van der Waals surface area contributed by atoms with Crippen LogP contribution in [0.3, 0.4) is 0 Å². The zero-order chi connectivity index (χ0) is 14.5. The number of carbonyl (C=O) groups is 1. The molecule has 0 aliphatic carbocycles. The van der Waals surface area contributed by atoms with Crippen molar-refractivity contribution in [3.8, 4) is 0 Å². The number of amides is 1. The number of hydrogen-bond donors (Lipinski definition) is 2. The fourth-order valence-corrected chi connectivity index (χ4v) is 2.18. The molecule has 2 aromatic carbocycles. The Balaban J connectivity index is 2.01. The smallest absolute Gasteiger partial charge is 0.241 e. The molecule has 1 amide bonds.